The summed E-state index contributed by atoms with van der Waals surface area (Å²) in [5.74, 6) is -0.725. The molecule has 4 heteroatoms. The number of rotatable bonds is 1. The Balaban J connectivity index is 3.11. The summed E-state index contributed by atoms with van der Waals surface area (Å²) in [5.41, 5.74) is 5.56. The maximum absolute atomic E-state index is 13.2. The van der Waals surface area contributed by atoms with Crippen LogP contribution in [0.15, 0.2) is 18.2 Å². The number of benzene rings is 1. The smallest absolute Gasteiger partial charge is 0.407 e. The molecule has 0 saturated heterocycles. The molecule has 3 nitrogen and oxygen atoms in total. The van der Waals surface area contributed by atoms with Gasteiger partial charge in [0.1, 0.15) is 0 Å². The molecule has 0 aromatic heterocycles. The number of nitrogens with two attached hydrogens (primary N) is 1. The van der Waals surface area contributed by atoms with Crippen LogP contribution in [-0.2, 0) is 5.41 Å². The van der Waals surface area contributed by atoms with E-state index in [2.05, 4.69) is 4.74 Å². The minimum Gasteiger partial charge on any atom is -0.407 e. The molecular formula is C11H14FNO2. The summed E-state index contributed by atoms with van der Waals surface area (Å²) in [5, 5.41) is 0. The van der Waals surface area contributed by atoms with Gasteiger partial charge in [-0.2, -0.15) is 0 Å². The molecule has 0 aliphatic carbocycles. The third kappa shape index (κ3) is 2.94. The first kappa shape index (κ1) is 11.5. The maximum Gasteiger partial charge on any atom is 0.410 e. The summed E-state index contributed by atoms with van der Waals surface area (Å²) in [6, 6.07) is 4.40. The Bertz CT molecular complexity index is 383. The second-order valence-electron chi connectivity index (χ2n) is 4.32. The minimum atomic E-state index is -1.01. The molecule has 0 aliphatic rings. The van der Waals surface area contributed by atoms with E-state index >= 15 is 0 Å². The first-order valence-electron chi connectivity index (χ1n) is 4.58. The second-order valence-corrected chi connectivity index (χ2v) is 4.32. The fourth-order valence-electron chi connectivity index (χ4n) is 1.16. The lowest BCUT2D eigenvalue weighted by Gasteiger charge is -2.19. The summed E-state index contributed by atoms with van der Waals surface area (Å²) >= 11 is 0. The van der Waals surface area contributed by atoms with Crippen LogP contribution in [0.1, 0.15) is 26.3 Å². The highest BCUT2D eigenvalue weighted by Crippen LogP contribution is 2.27. The van der Waals surface area contributed by atoms with Crippen LogP contribution in [0.25, 0.3) is 0 Å². The molecular weight excluding hydrogens is 197 g/mol. The highest BCUT2D eigenvalue weighted by Gasteiger charge is 2.16. The van der Waals surface area contributed by atoms with Crippen molar-refractivity contribution in [2.75, 3.05) is 0 Å². The largest absolute Gasteiger partial charge is 0.410 e. The van der Waals surface area contributed by atoms with Crippen molar-refractivity contribution in [3.8, 4) is 5.75 Å². The van der Waals surface area contributed by atoms with Crippen LogP contribution in [0.3, 0.4) is 0 Å². The van der Waals surface area contributed by atoms with E-state index in [1.807, 2.05) is 20.8 Å². The lowest BCUT2D eigenvalue weighted by Crippen LogP contribution is -2.18. The quantitative estimate of drug-likeness (QED) is 0.776. The van der Waals surface area contributed by atoms with Gasteiger partial charge in [-0.05, 0) is 23.1 Å². The molecule has 0 fully saturated rings. The van der Waals surface area contributed by atoms with E-state index in [9.17, 15) is 9.18 Å². The van der Waals surface area contributed by atoms with Gasteiger partial charge in [0.15, 0.2) is 11.6 Å². The Morgan fingerprint density at radius 2 is 2.00 bits per heavy atom. The molecule has 0 atom stereocenters. The number of hydrogen-bond donors (Lipinski definition) is 1. The van der Waals surface area contributed by atoms with Gasteiger partial charge in [-0.3, -0.25) is 0 Å². The van der Waals surface area contributed by atoms with Gasteiger partial charge in [0.25, 0.3) is 0 Å². The zero-order chi connectivity index (χ0) is 11.6. The molecule has 0 radical (unpaired) electrons. The van der Waals surface area contributed by atoms with Crippen molar-refractivity contribution in [1.29, 1.82) is 0 Å². The predicted molar refractivity (Wildman–Crippen MR) is 55.3 cm³/mol. The van der Waals surface area contributed by atoms with E-state index < -0.39 is 11.9 Å². The molecule has 1 aromatic rings. The van der Waals surface area contributed by atoms with Gasteiger partial charge in [0, 0.05) is 0 Å². The summed E-state index contributed by atoms with van der Waals surface area (Å²) in [4.78, 5) is 10.5. The van der Waals surface area contributed by atoms with Crippen LogP contribution >= 0.6 is 0 Å². The Kier molecular flexibility index (Phi) is 2.98. The number of carbonyl (C=O) groups is 1. The molecule has 1 amide bonds. The highest BCUT2D eigenvalue weighted by atomic mass is 19.1. The Hall–Kier alpha value is -1.58. The first-order chi connectivity index (χ1) is 6.80. The molecule has 0 heterocycles. The van der Waals surface area contributed by atoms with Crippen molar-refractivity contribution >= 4 is 6.09 Å². The molecule has 0 unspecified atom stereocenters. The van der Waals surface area contributed by atoms with Crippen molar-refractivity contribution in [2.45, 2.75) is 26.2 Å². The minimum absolute atomic E-state index is 0.130. The second kappa shape index (κ2) is 3.88. The average Bonchev–Trinajstić information content (AvgIpc) is 2.06. The standard InChI is InChI=1S/C11H14FNO2/c1-11(2,3)7-4-5-8(12)9(6-7)15-10(13)14/h4-6H,1-3H3,(H2,13,14). The zero-order valence-electron chi connectivity index (χ0n) is 9.00. The summed E-state index contributed by atoms with van der Waals surface area (Å²) in [6.07, 6.45) is -1.01. The van der Waals surface area contributed by atoms with Crippen LogP contribution in [-0.4, -0.2) is 6.09 Å². The fourth-order valence-corrected chi connectivity index (χ4v) is 1.16. The third-order valence-corrected chi connectivity index (χ3v) is 2.01. The van der Waals surface area contributed by atoms with Crippen LogP contribution < -0.4 is 10.5 Å². The third-order valence-electron chi connectivity index (χ3n) is 2.01. The molecule has 15 heavy (non-hydrogen) atoms. The molecule has 0 aliphatic heterocycles. The van der Waals surface area contributed by atoms with E-state index in [4.69, 9.17) is 5.73 Å². The van der Waals surface area contributed by atoms with Crippen LogP contribution in [0.5, 0.6) is 5.75 Å². The van der Waals surface area contributed by atoms with Gasteiger partial charge in [-0.15, -0.1) is 0 Å². The normalized spacial score (nSPS) is 11.2. The molecule has 1 aromatic carbocycles. The van der Waals surface area contributed by atoms with Crippen molar-refractivity contribution in [3.63, 3.8) is 0 Å². The molecule has 1 rings (SSSR count). The monoisotopic (exact) mass is 211 g/mol. The van der Waals surface area contributed by atoms with Gasteiger partial charge < -0.3 is 10.5 Å². The van der Waals surface area contributed by atoms with E-state index in [1.54, 1.807) is 6.07 Å². The van der Waals surface area contributed by atoms with E-state index in [-0.39, 0.29) is 11.2 Å². The Morgan fingerprint density at radius 3 is 2.47 bits per heavy atom. The van der Waals surface area contributed by atoms with Gasteiger partial charge in [-0.1, -0.05) is 26.8 Å². The molecule has 0 spiro atoms. The average molecular weight is 211 g/mol. The molecule has 0 saturated carbocycles. The number of hydrogen-bond acceptors (Lipinski definition) is 2. The Morgan fingerprint density at radius 1 is 1.40 bits per heavy atom. The summed E-state index contributed by atoms with van der Waals surface area (Å²) in [6.45, 7) is 5.94. The molecule has 82 valence electrons. The van der Waals surface area contributed by atoms with Crippen molar-refractivity contribution in [2.24, 2.45) is 5.73 Å². The first-order valence-corrected chi connectivity index (χ1v) is 4.58. The van der Waals surface area contributed by atoms with Crippen molar-refractivity contribution < 1.29 is 13.9 Å². The summed E-state index contributed by atoms with van der Waals surface area (Å²) in [7, 11) is 0. The molecule has 2 N–H and O–H groups in total. The Labute approximate surface area is 88.0 Å². The highest BCUT2D eigenvalue weighted by molar-refractivity contribution is 5.68. The lowest BCUT2D eigenvalue weighted by atomic mass is 9.87. The maximum atomic E-state index is 13.2. The zero-order valence-corrected chi connectivity index (χ0v) is 9.00. The number of amides is 1. The summed E-state index contributed by atoms with van der Waals surface area (Å²) < 4.78 is 17.7. The van der Waals surface area contributed by atoms with Crippen LogP contribution in [0.4, 0.5) is 9.18 Å². The van der Waals surface area contributed by atoms with Crippen LogP contribution in [0, 0.1) is 5.82 Å². The van der Waals surface area contributed by atoms with Gasteiger partial charge in [0.2, 0.25) is 0 Å². The van der Waals surface area contributed by atoms with Gasteiger partial charge >= 0.3 is 6.09 Å². The predicted octanol–water partition coefficient (Wildman–Crippen LogP) is 2.58. The molecule has 0 bridgehead atoms. The number of carbonyl (C=O) groups excluding carboxylic acids is 1. The van der Waals surface area contributed by atoms with Crippen LogP contribution in [0.2, 0.25) is 0 Å². The SMILES string of the molecule is CC(C)(C)c1ccc(F)c(OC(N)=O)c1. The van der Waals surface area contributed by atoms with Crippen molar-refractivity contribution in [1.82, 2.24) is 0 Å². The van der Waals surface area contributed by atoms with E-state index in [1.165, 1.54) is 12.1 Å². The fraction of sp³-hybridized carbons (Fsp3) is 0.364. The number of ether oxygens (including phenoxy) is 1. The van der Waals surface area contributed by atoms with Gasteiger partial charge in [-0.25, -0.2) is 9.18 Å². The van der Waals surface area contributed by atoms with Gasteiger partial charge in [0.05, 0.1) is 0 Å². The number of halogens is 1. The number of primary amides is 1. The lowest BCUT2D eigenvalue weighted by molar-refractivity contribution is 0.208. The van der Waals surface area contributed by atoms with E-state index in [0.29, 0.717) is 0 Å². The van der Waals surface area contributed by atoms with E-state index in [0.717, 1.165) is 5.56 Å². The topological polar surface area (TPSA) is 52.3 Å². The van der Waals surface area contributed by atoms with Crippen molar-refractivity contribution in [3.05, 3.63) is 29.6 Å².